The van der Waals surface area contributed by atoms with Crippen molar-refractivity contribution in [2.24, 2.45) is 0 Å². The molecule has 1 fully saturated rings. The lowest BCUT2D eigenvalue weighted by Gasteiger charge is -2.34. The van der Waals surface area contributed by atoms with Gasteiger partial charge in [0.15, 0.2) is 0 Å². The van der Waals surface area contributed by atoms with Crippen molar-refractivity contribution in [1.82, 2.24) is 9.80 Å². The van der Waals surface area contributed by atoms with E-state index in [1.54, 1.807) is 0 Å². The SMILES string of the molecule is Fc1ccc(C(OCCN2CCN(CC=Cc3ccccc3)CC2)c2ccccc2)cc1.O=C(O)/C=C\C(=O)O. The number of aliphatic carboxylic acids is 2. The molecule has 0 spiro atoms. The molecular weight excluding hydrogens is 511 g/mol. The number of carbonyl (C=O) groups is 2. The van der Waals surface area contributed by atoms with Crippen molar-refractivity contribution < 1.29 is 28.9 Å². The second kappa shape index (κ2) is 16.8. The van der Waals surface area contributed by atoms with Crippen LogP contribution in [0.1, 0.15) is 22.8 Å². The van der Waals surface area contributed by atoms with Crippen LogP contribution >= 0.6 is 0 Å². The molecule has 0 aliphatic carbocycles. The highest BCUT2D eigenvalue weighted by Gasteiger charge is 2.18. The molecule has 0 bridgehead atoms. The van der Waals surface area contributed by atoms with Crippen LogP contribution in [0.5, 0.6) is 0 Å². The zero-order valence-corrected chi connectivity index (χ0v) is 22.3. The molecule has 1 aliphatic heterocycles. The fourth-order valence-electron chi connectivity index (χ4n) is 4.19. The van der Waals surface area contributed by atoms with Gasteiger partial charge >= 0.3 is 11.9 Å². The van der Waals surface area contributed by atoms with E-state index in [-0.39, 0.29) is 11.9 Å². The summed E-state index contributed by atoms with van der Waals surface area (Å²) in [5, 5.41) is 15.6. The molecule has 2 N–H and O–H groups in total. The second-order valence-corrected chi connectivity index (χ2v) is 9.18. The summed E-state index contributed by atoms with van der Waals surface area (Å²) in [4.78, 5) is 24.1. The van der Waals surface area contributed by atoms with Crippen LogP contribution in [0.4, 0.5) is 4.39 Å². The van der Waals surface area contributed by atoms with Gasteiger partial charge in [0.1, 0.15) is 11.9 Å². The molecule has 7 nitrogen and oxygen atoms in total. The molecule has 1 aliphatic rings. The number of hydrogen-bond donors (Lipinski definition) is 2. The molecule has 3 aromatic rings. The summed E-state index contributed by atoms with van der Waals surface area (Å²) in [7, 11) is 0. The Hall–Kier alpha value is -4.11. The number of carboxylic acid groups (broad SMARTS) is 2. The monoisotopic (exact) mass is 546 g/mol. The molecule has 0 saturated carbocycles. The van der Waals surface area contributed by atoms with E-state index in [1.165, 1.54) is 17.7 Å². The van der Waals surface area contributed by atoms with Crippen LogP contribution in [0, 0.1) is 5.82 Å². The number of rotatable bonds is 11. The molecule has 40 heavy (non-hydrogen) atoms. The van der Waals surface area contributed by atoms with Crippen molar-refractivity contribution in [2.75, 3.05) is 45.9 Å². The normalized spacial score (nSPS) is 15.0. The lowest BCUT2D eigenvalue weighted by Crippen LogP contribution is -2.47. The van der Waals surface area contributed by atoms with E-state index in [9.17, 15) is 14.0 Å². The third kappa shape index (κ3) is 11.3. The van der Waals surface area contributed by atoms with Crippen molar-refractivity contribution >= 4 is 18.0 Å². The molecule has 1 heterocycles. The summed E-state index contributed by atoms with van der Waals surface area (Å²) in [6, 6.07) is 27.2. The van der Waals surface area contributed by atoms with Crippen molar-refractivity contribution in [3.63, 3.8) is 0 Å². The standard InChI is InChI=1S/C28H31FN2O.C4H4O4/c29-27-15-13-26(14-16-27)28(25-11-5-2-6-12-25)32-23-22-31-20-18-30(19-21-31)17-7-10-24-8-3-1-4-9-24;5-3(6)1-2-4(7)8/h1-16,28H,17-23H2;1-2H,(H,5,6)(H,7,8)/b;2-1-. The van der Waals surface area contributed by atoms with E-state index in [4.69, 9.17) is 14.9 Å². The van der Waals surface area contributed by atoms with Crippen molar-refractivity contribution in [1.29, 1.82) is 0 Å². The lowest BCUT2D eigenvalue weighted by atomic mass is 10.0. The minimum atomic E-state index is -1.26. The summed E-state index contributed by atoms with van der Waals surface area (Å²) < 4.78 is 19.7. The molecule has 4 rings (SSSR count). The van der Waals surface area contributed by atoms with Crippen LogP contribution in [0.2, 0.25) is 0 Å². The Morgan fingerprint density at radius 1 is 0.775 bits per heavy atom. The van der Waals surface area contributed by atoms with Crippen LogP contribution in [-0.2, 0) is 14.3 Å². The third-order valence-electron chi connectivity index (χ3n) is 6.27. The van der Waals surface area contributed by atoms with Crippen LogP contribution in [0.3, 0.4) is 0 Å². The Morgan fingerprint density at radius 2 is 1.30 bits per heavy atom. The van der Waals surface area contributed by atoms with E-state index in [2.05, 4.69) is 58.4 Å². The number of halogens is 1. The van der Waals surface area contributed by atoms with Gasteiger partial charge < -0.3 is 14.9 Å². The van der Waals surface area contributed by atoms with Gasteiger partial charge in [-0.3, -0.25) is 9.80 Å². The lowest BCUT2D eigenvalue weighted by molar-refractivity contribution is -0.134. The maximum Gasteiger partial charge on any atom is 0.328 e. The third-order valence-corrected chi connectivity index (χ3v) is 6.27. The predicted molar refractivity (Wildman–Crippen MR) is 153 cm³/mol. The van der Waals surface area contributed by atoms with E-state index in [0.717, 1.165) is 50.4 Å². The van der Waals surface area contributed by atoms with Crippen LogP contribution in [0.25, 0.3) is 6.08 Å². The Labute approximate surface area is 234 Å². The molecular formula is C32H35FN2O5. The average Bonchev–Trinajstić information content (AvgIpc) is 2.97. The smallest absolute Gasteiger partial charge is 0.328 e. The Kier molecular flexibility index (Phi) is 12.8. The average molecular weight is 547 g/mol. The second-order valence-electron chi connectivity index (χ2n) is 9.18. The quantitative estimate of drug-likeness (QED) is 0.328. The first-order valence-electron chi connectivity index (χ1n) is 13.1. The summed E-state index contributed by atoms with van der Waals surface area (Å²) in [6.07, 6.45) is 5.38. The fourth-order valence-corrected chi connectivity index (χ4v) is 4.19. The number of ether oxygens (including phenoxy) is 1. The zero-order valence-electron chi connectivity index (χ0n) is 22.3. The van der Waals surface area contributed by atoms with E-state index in [0.29, 0.717) is 18.8 Å². The van der Waals surface area contributed by atoms with Gasteiger partial charge in [0.2, 0.25) is 0 Å². The highest BCUT2D eigenvalue weighted by atomic mass is 19.1. The first kappa shape index (κ1) is 30.4. The highest BCUT2D eigenvalue weighted by molar-refractivity contribution is 5.89. The van der Waals surface area contributed by atoms with Crippen molar-refractivity contribution in [2.45, 2.75) is 6.10 Å². The topological polar surface area (TPSA) is 90.3 Å². The summed E-state index contributed by atoms with van der Waals surface area (Å²) in [5.41, 5.74) is 3.32. The Balaban J connectivity index is 0.000000482. The van der Waals surface area contributed by atoms with Gasteiger partial charge in [0, 0.05) is 51.4 Å². The molecule has 1 unspecified atom stereocenters. The van der Waals surface area contributed by atoms with Gasteiger partial charge in [0.25, 0.3) is 0 Å². The molecule has 0 aromatic heterocycles. The largest absolute Gasteiger partial charge is 0.478 e. The van der Waals surface area contributed by atoms with Crippen LogP contribution in [-0.4, -0.2) is 77.8 Å². The van der Waals surface area contributed by atoms with Crippen molar-refractivity contribution in [3.05, 3.63) is 126 Å². The van der Waals surface area contributed by atoms with E-state index in [1.807, 2.05) is 36.4 Å². The maximum atomic E-state index is 13.4. The van der Waals surface area contributed by atoms with Gasteiger partial charge in [-0.25, -0.2) is 14.0 Å². The number of benzene rings is 3. The molecule has 8 heteroatoms. The minimum absolute atomic E-state index is 0.179. The Morgan fingerprint density at radius 3 is 1.88 bits per heavy atom. The van der Waals surface area contributed by atoms with Gasteiger partial charge in [-0.1, -0.05) is 84.9 Å². The summed E-state index contributed by atoms with van der Waals surface area (Å²) in [6.45, 7) is 6.77. The molecule has 1 atom stereocenters. The van der Waals surface area contributed by atoms with Gasteiger partial charge in [-0.15, -0.1) is 0 Å². The molecule has 0 amide bonds. The summed E-state index contributed by atoms with van der Waals surface area (Å²) in [5.74, 6) is -2.74. The van der Waals surface area contributed by atoms with Crippen LogP contribution in [0.15, 0.2) is 103 Å². The fraction of sp³-hybridized carbons (Fsp3) is 0.250. The number of hydrogen-bond acceptors (Lipinski definition) is 5. The first-order valence-corrected chi connectivity index (χ1v) is 13.1. The van der Waals surface area contributed by atoms with Gasteiger partial charge in [-0.05, 0) is 28.8 Å². The predicted octanol–water partition coefficient (Wildman–Crippen LogP) is 4.97. The number of carboxylic acids is 2. The first-order chi connectivity index (χ1) is 19.4. The summed E-state index contributed by atoms with van der Waals surface area (Å²) >= 11 is 0. The highest BCUT2D eigenvalue weighted by Crippen LogP contribution is 2.26. The molecule has 210 valence electrons. The van der Waals surface area contributed by atoms with Gasteiger partial charge in [-0.2, -0.15) is 0 Å². The van der Waals surface area contributed by atoms with Crippen LogP contribution < -0.4 is 0 Å². The number of nitrogens with zero attached hydrogens (tertiary/aromatic N) is 2. The van der Waals surface area contributed by atoms with Gasteiger partial charge in [0.05, 0.1) is 6.61 Å². The zero-order chi connectivity index (χ0) is 28.6. The molecule has 3 aromatic carbocycles. The Bertz CT molecular complexity index is 1210. The molecule has 0 radical (unpaired) electrons. The van der Waals surface area contributed by atoms with E-state index >= 15 is 0 Å². The van der Waals surface area contributed by atoms with E-state index < -0.39 is 11.9 Å². The van der Waals surface area contributed by atoms with Crippen molar-refractivity contribution in [3.8, 4) is 0 Å². The number of piperazine rings is 1. The minimum Gasteiger partial charge on any atom is -0.478 e. The molecule has 1 saturated heterocycles. The maximum absolute atomic E-state index is 13.4.